The molecule has 20 heavy (non-hydrogen) atoms. The molecule has 0 amide bonds. The zero-order valence-corrected chi connectivity index (χ0v) is 12.1. The van der Waals surface area contributed by atoms with E-state index in [9.17, 15) is 0 Å². The van der Waals surface area contributed by atoms with Gasteiger partial charge >= 0.3 is 0 Å². The Bertz CT molecular complexity index is 738. The molecule has 0 unspecified atom stereocenters. The van der Waals surface area contributed by atoms with Gasteiger partial charge in [0.2, 0.25) is 0 Å². The van der Waals surface area contributed by atoms with Gasteiger partial charge in [-0.15, -0.1) is 0 Å². The smallest absolute Gasteiger partial charge is 0.0918 e. The molecule has 0 aliphatic heterocycles. The van der Waals surface area contributed by atoms with Gasteiger partial charge in [0.15, 0.2) is 0 Å². The van der Waals surface area contributed by atoms with Crippen molar-refractivity contribution in [2.45, 2.75) is 20.0 Å². The maximum absolute atomic E-state index is 4.62. The van der Waals surface area contributed by atoms with Crippen molar-refractivity contribution >= 4 is 10.9 Å². The van der Waals surface area contributed by atoms with Crippen molar-refractivity contribution in [2.75, 3.05) is 7.05 Å². The lowest BCUT2D eigenvalue weighted by atomic mass is 10.2. The van der Waals surface area contributed by atoms with Crippen LogP contribution in [0.3, 0.4) is 0 Å². The van der Waals surface area contributed by atoms with Crippen molar-refractivity contribution in [3.8, 4) is 0 Å². The van der Waals surface area contributed by atoms with Gasteiger partial charge in [-0.05, 0) is 20.0 Å². The summed E-state index contributed by atoms with van der Waals surface area (Å²) in [5, 5.41) is 13.5. The summed E-state index contributed by atoms with van der Waals surface area (Å²) < 4.78 is 3.94. The summed E-state index contributed by atoms with van der Waals surface area (Å²) >= 11 is 0. The lowest BCUT2D eigenvalue weighted by molar-refractivity contribution is 0.637. The third-order valence-electron chi connectivity index (χ3n) is 3.71. The molecule has 3 rings (SSSR count). The average molecular weight is 269 g/mol. The highest BCUT2D eigenvalue weighted by Gasteiger charge is 2.11. The Hall–Kier alpha value is -2.14. The second kappa shape index (κ2) is 5.09. The van der Waals surface area contributed by atoms with E-state index in [0.29, 0.717) is 6.54 Å². The van der Waals surface area contributed by atoms with Crippen LogP contribution in [-0.2, 0) is 20.1 Å². The lowest BCUT2D eigenvalue weighted by Gasteiger charge is -2.04. The van der Waals surface area contributed by atoms with Crippen LogP contribution in [0.1, 0.15) is 17.0 Å². The highest BCUT2D eigenvalue weighted by Crippen LogP contribution is 2.19. The molecule has 0 saturated heterocycles. The fourth-order valence-electron chi connectivity index (χ4n) is 2.56. The van der Waals surface area contributed by atoms with Crippen LogP contribution in [0.15, 0.2) is 30.5 Å². The van der Waals surface area contributed by atoms with E-state index in [1.165, 1.54) is 16.6 Å². The third kappa shape index (κ3) is 2.10. The second-order valence-corrected chi connectivity index (χ2v) is 5.03. The standard InChI is InChI=1S/C15H19N5/c1-11-12(8-16-2)9-17-20(11)10-14-13-6-4-5-7-15(13)19(3)18-14/h4-7,9,16H,8,10H2,1-3H3. The maximum atomic E-state index is 4.62. The zero-order valence-electron chi connectivity index (χ0n) is 12.1. The van der Waals surface area contributed by atoms with Crippen molar-refractivity contribution in [1.29, 1.82) is 0 Å². The van der Waals surface area contributed by atoms with E-state index >= 15 is 0 Å². The van der Waals surface area contributed by atoms with E-state index in [1.807, 2.05) is 35.7 Å². The Morgan fingerprint density at radius 2 is 2.05 bits per heavy atom. The molecule has 2 aromatic heterocycles. The first-order chi connectivity index (χ1) is 9.70. The monoisotopic (exact) mass is 269 g/mol. The van der Waals surface area contributed by atoms with Crippen molar-refractivity contribution in [2.24, 2.45) is 7.05 Å². The molecule has 3 aromatic rings. The predicted molar refractivity (Wildman–Crippen MR) is 79.5 cm³/mol. The topological polar surface area (TPSA) is 47.7 Å². The summed E-state index contributed by atoms with van der Waals surface area (Å²) in [7, 11) is 3.93. The number of hydrogen-bond donors (Lipinski definition) is 1. The zero-order chi connectivity index (χ0) is 14.1. The summed E-state index contributed by atoms with van der Waals surface area (Å²) in [6.45, 7) is 3.65. The molecule has 0 spiro atoms. The summed E-state index contributed by atoms with van der Waals surface area (Å²) in [6.07, 6.45) is 1.93. The number of para-hydroxylation sites is 1. The average Bonchev–Trinajstić information content (AvgIpc) is 2.95. The van der Waals surface area contributed by atoms with Crippen LogP contribution in [0.5, 0.6) is 0 Å². The van der Waals surface area contributed by atoms with Crippen molar-refractivity contribution < 1.29 is 0 Å². The molecule has 0 atom stereocenters. The minimum Gasteiger partial charge on any atom is -0.316 e. The van der Waals surface area contributed by atoms with Crippen LogP contribution >= 0.6 is 0 Å². The van der Waals surface area contributed by atoms with E-state index in [4.69, 9.17) is 0 Å². The van der Waals surface area contributed by atoms with Crippen molar-refractivity contribution in [3.05, 3.63) is 47.4 Å². The SMILES string of the molecule is CNCc1cnn(Cc2nn(C)c3ccccc23)c1C. The number of fused-ring (bicyclic) bond motifs is 1. The number of aromatic nitrogens is 4. The molecule has 104 valence electrons. The van der Waals surface area contributed by atoms with Gasteiger partial charge in [-0.1, -0.05) is 18.2 Å². The summed E-state index contributed by atoms with van der Waals surface area (Å²) in [5.74, 6) is 0. The first kappa shape index (κ1) is 12.9. The Labute approximate surface area is 118 Å². The summed E-state index contributed by atoms with van der Waals surface area (Å²) in [4.78, 5) is 0. The minimum atomic E-state index is 0.705. The number of nitrogens with zero attached hydrogens (tertiary/aromatic N) is 4. The third-order valence-corrected chi connectivity index (χ3v) is 3.71. The summed E-state index contributed by atoms with van der Waals surface area (Å²) in [5.41, 5.74) is 4.63. The number of rotatable bonds is 4. The molecule has 5 nitrogen and oxygen atoms in total. The first-order valence-electron chi connectivity index (χ1n) is 6.77. The molecular formula is C15H19N5. The van der Waals surface area contributed by atoms with E-state index in [-0.39, 0.29) is 0 Å². The number of nitrogens with one attached hydrogen (secondary N) is 1. The molecule has 0 aliphatic carbocycles. The minimum absolute atomic E-state index is 0.705. The molecular weight excluding hydrogens is 250 g/mol. The van der Waals surface area contributed by atoms with Crippen LogP contribution in [0.2, 0.25) is 0 Å². The Kier molecular flexibility index (Phi) is 3.28. The van der Waals surface area contributed by atoms with Crippen LogP contribution in [0, 0.1) is 6.92 Å². The predicted octanol–water partition coefficient (Wildman–Crippen LogP) is 1.85. The Balaban J connectivity index is 1.97. The molecule has 0 saturated carbocycles. The molecule has 0 radical (unpaired) electrons. The van der Waals surface area contributed by atoms with E-state index < -0.39 is 0 Å². The van der Waals surface area contributed by atoms with Gasteiger partial charge in [-0.2, -0.15) is 10.2 Å². The number of aryl methyl sites for hydroxylation is 1. The quantitative estimate of drug-likeness (QED) is 0.786. The molecule has 0 fully saturated rings. The second-order valence-electron chi connectivity index (χ2n) is 5.03. The van der Waals surface area contributed by atoms with Gasteiger partial charge in [-0.3, -0.25) is 9.36 Å². The first-order valence-corrected chi connectivity index (χ1v) is 6.77. The van der Waals surface area contributed by atoms with Gasteiger partial charge in [0.25, 0.3) is 0 Å². The number of hydrogen-bond acceptors (Lipinski definition) is 3. The van der Waals surface area contributed by atoms with Gasteiger partial charge in [0.05, 0.1) is 24.0 Å². The molecule has 1 aromatic carbocycles. The molecule has 1 N–H and O–H groups in total. The fraction of sp³-hybridized carbons (Fsp3) is 0.333. The summed E-state index contributed by atoms with van der Waals surface area (Å²) in [6, 6.07) is 8.30. The van der Waals surface area contributed by atoms with E-state index in [1.54, 1.807) is 0 Å². The molecule has 5 heteroatoms. The van der Waals surface area contributed by atoms with Gasteiger partial charge in [0, 0.05) is 30.2 Å². The van der Waals surface area contributed by atoms with Crippen LogP contribution in [0.4, 0.5) is 0 Å². The Morgan fingerprint density at radius 1 is 1.25 bits per heavy atom. The highest BCUT2D eigenvalue weighted by atomic mass is 15.3. The molecule has 2 heterocycles. The number of benzene rings is 1. The normalized spacial score (nSPS) is 11.3. The van der Waals surface area contributed by atoms with Crippen LogP contribution in [-0.4, -0.2) is 26.6 Å². The van der Waals surface area contributed by atoms with Gasteiger partial charge in [-0.25, -0.2) is 0 Å². The van der Waals surface area contributed by atoms with Crippen LogP contribution < -0.4 is 5.32 Å². The van der Waals surface area contributed by atoms with Crippen LogP contribution in [0.25, 0.3) is 10.9 Å². The van der Waals surface area contributed by atoms with Gasteiger partial charge < -0.3 is 5.32 Å². The van der Waals surface area contributed by atoms with Gasteiger partial charge in [0.1, 0.15) is 0 Å². The fourth-order valence-corrected chi connectivity index (χ4v) is 2.56. The van der Waals surface area contributed by atoms with E-state index in [0.717, 1.165) is 17.8 Å². The van der Waals surface area contributed by atoms with Crippen molar-refractivity contribution in [3.63, 3.8) is 0 Å². The van der Waals surface area contributed by atoms with E-state index in [2.05, 4.69) is 40.6 Å². The maximum Gasteiger partial charge on any atom is 0.0918 e. The van der Waals surface area contributed by atoms with Crippen molar-refractivity contribution in [1.82, 2.24) is 24.9 Å². The largest absolute Gasteiger partial charge is 0.316 e. The molecule has 0 bridgehead atoms. The lowest BCUT2D eigenvalue weighted by Crippen LogP contribution is -2.08. The highest BCUT2D eigenvalue weighted by molar-refractivity contribution is 5.81. The Morgan fingerprint density at radius 3 is 2.85 bits per heavy atom. The molecule has 0 aliphatic rings.